The normalized spacial score (nSPS) is 14.4. The molecule has 1 atom stereocenters. The van der Waals surface area contributed by atoms with E-state index in [0.29, 0.717) is 24.0 Å². The van der Waals surface area contributed by atoms with Crippen LogP contribution in [-0.2, 0) is 4.79 Å². The second kappa shape index (κ2) is 7.41. The van der Waals surface area contributed by atoms with Gasteiger partial charge >= 0.3 is 0 Å². The maximum Gasteiger partial charge on any atom is 0.244 e. The lowest BCUT2D eigenvalue weighted by Crippen LogP contribution is -2.25. The van der Waals surface area contributed by atoms with Crippen molar-refractivity contribution < 1.29 is 14.3 Å². The van der Waals surface area contributed by atoms with Crippen LogP contribution in [0.4, 0.5) is 0 Å². The summed E-state index contributed by atoms with van der Waals surface area (Å²) in [6, 6.07) is 12.9. The summed E-state index contributed by atoms with van der Waals surface area (Å²) in [6.07, 6.45) is 3.18. The van der Waals surface area contributed by atoms with E-state index in [-0.39, 0.29) is 11.9 Å². The molecule has 1 N–H and O–H groups in total. The smallest absolute Gasteiger partial charge is 0.244 e. The molecule has 24 heavy (non-hydrogen) atoms. The van der Waals surface area contributed by atoms with Gasteiger partial charge in [0.15, 0.2) is 11.5 Å². The van der Waals surface area contributed by atoms with Crippen molar-refractivity contribution in [3.05, 3.63) is 64.7 Å². The van der Waals surface area contributed by atoms with Gasteiger partial charge in [0, 0.05) is 11.1 Å². The van der Waals surface area contributed by atoms with Crippen LogP contribution in [0.15, 0.2) is 48.5 Å². The molecule has 0 spiro atoms. The third-order valence-corrected chi connectivity index (χ3v) is 4.09. The highest BCUT2D eigenvalue weighted by molar-refractivity contribution is 6.32. The number of nitrogens with one attached hydrogen (secondary N) is 1. The Morgan fingerprint density at radius 3 is 2.71 bits per heavy atom. The zero-order valence-electron chi connectivity index (χ0n) is 13.3. The van der Waals surface area contributed by atoms with Gasteiger partial charge in [-0.15, -0.1) is 0 Å². The predicted molar refractivity (Wildman–Crippen MR) is 94.5 cm³/mol. The minimum atomic E-state index is -0.183. The molecule has 1 heterocycles. The van der Waals surface area contributed by atoms with Crippen molar-refractivity contribution in [1.82, 2.24) is 5.32 Å². The van der Waals surface area contributed by atoms with E-state index < -0.39 is 0 Å². The summed E-state index contributed by atoms with van der Waals surface area (Å²) in [5, 5.41) is 3.54. The number of halogens is 1. The van der Waals surface area contributed by atoms with Gasteiger partial charge in [0.05, 0.1) is 6.04 Å². The molecular weight excluding hydrogens is 326 g/mol. The molecule has 0 fully saturated rings. The number of amides is 1. The van der Waals surface area contributed by atoms with E-state index in [1.165, 1.54) is 6.08 Å². The molecule has 4 nitrogen and oxygen atoms in total. The van der Waals surface area contributed by atoms with E-state index in [1.54, 1.807) is 12.1 Å². The highest BCUT2D eigenvalue weighted by atomic mass is 35.5. The van der Waals surface area contributed by atoms with Crippen LogP contribution >= 0.6 is 11.6 Å². The molecule has 2 aromatic carbocycles. The highest BCUT2D eigenvalue weighted by Crippen LogP contribution is 2.32. The molecule has 1 amide bonds. The van der Waals surface area contributed by atoms with Gasteiger partial charge in [-0.1, -0.05) is 35.9 Å². The molecule has 1 aliphatic heterocycles. The molecule has 5 heteroatoms. The quantitative estimate of drug-likeness (QED) is 0.853. The second-order valence-electron chi connectivity index (χ2n) is 5.49. The van der Waals surface area contributed by atoms with Crippen molar-refractivity contribution in [2.24, 2.45) is 0 Å². The first-order chi connectivity index (χ1) is 11.6. The van der Waals surface area contributed by atoms with Crippen LogP contribution in [0.3, 0.4) is 0 Å². The Morgan fingerprint density at radius 2 is 1.92 bits per heavy atom. The van der Waals surface area contributed by atoms with Gasteiger partial charge in [-0.2, -0.15) is 0 Å². The summed E-state index contributed by atoms with van der Waals surface area (Å²) < 4.78 is 11.1. The predicted octanol–water partition coefficient (Wildman–Crippen LogP) is 4.00. The van der Waals surface area contributed by atoms with E-state index >= 15 is 0 Å². The molecule has 2 aromatic rings. The lowest BCUT2D eigenvalue weighted by Gasteiger charge is -2.20. The van der Waals surface area contributed by atoms with Gasteiger partial charge < -0.3 is 14.8 Å². The SMILES string of the molecule is CC(NC(=O)/C=C/c1ccccc1Cl)c1ccc2c(c1)OCCO2. The molecule has 0 saturated carbocycles. The van der Waals surface area contributed by atoms with Crippen molar-refractivity contribution >= 4 is 23.6 Å². The van der Waals surface area contributed by atoms with E-state index in [4.69, 9.17) is 21.1 Å². The average Bonchev–Trinajstić information content (AvgIpc) is 2.60. The first-order valence-corrected chi connectivity index (χ1v) is 8.14. The fourth-order valence-electron chi connectivity index (χ4n) is 2.45. The summed E-state index contributed by atoms with van der Waals surface area (Å²) in [5.74, 6) is 1.27. The van der Waals surface area contributed by atoms with Gasteiger partial charge in [-0.3, -0.25) is 4.79 Å². The number of hydrogen-bond donors (Lipinski definition) is 1. The summed E-state index contributed by atoms with van der Waals surface area (Å²) in [7, 11) is 0. The molecule has 0 aliphatic carbocycles. The molecule has 1 aliphatic rings. The zero-order valence-corrected chi connectivity index (χ0v) is 14.0. The van der Waals surface area contributed by atoms with E-state index in [0.717, 1.165) is 16.9 Å². The fourth-order valence-corrected chi connectivity index (χ4v) is 2.65. The molecule has 1 unspecified atom stereocenters. The molecule has 0 radical (unpaired) electrons. The van der Waals surface area contributed by atoms with Crippen LogP contribution in [0.5, 0.6) is 11.5 Å². The van der Waals surface area contributed by atoms with Crippen LogP contribution in [0.1, 0.15) is 24.1 Å². The minimum Gasteiger partial charge on any atom is -0.486 e. The molecule has 3 rings (SSSR count). The first kappa shape index (κ1) is 16.4. The number of carbonyl (C=O) groups is 1. The topological polar surface area (TPSA) is 47.6 Å². The van der Waals surface area contributed by atoms with Crippen LogP contribution in [0.2, 0.25) is 5.02 Å². The summed E-state index contributed by atoms with van der Waals surface area (Å²) in [5.41, 5.74) is 1.76. The van der Waals surface area contributed by atoms with Crippen LogP contribution in [0, 0.1) is 0 Å². The molecule has 124 valence electrons. The van der Waals surface area contributed by atoms with Gasteiger partial charge in [-0.05, 0) is 42.3 Å². The maximum atomic E-state index is 12.1. The maximum absolute atomic E-state index is 12.1. The van der Waals surface area contributed by atoms with Crippen LogP contribution < -0.4 is 14.8 Å². The minimum absolute atomic E-state index is 0.149. The number of benzene rings is 2. The zero-order chi connectivity index (χ0) is 16.9. The lowest BCUT2D eigenvalue weighted by molar-refractivity contribution is -0.117. The largest absolute Gasteiger partial charge is 0.486 e. The number of rotatable bonds is 4. The molecule has 0 bridgehead atoms. The Balaban J connectivity index is 1.65. The molecule has 0 aromatic heterocycles. The Morgan fingerprint density at radius 1 is 1.17 bits per heavy atom. The third kappa shape index (κ3) is 3.89. The second-order valence-corrected chi connectivity index (χ2v) is 5.90. The Kier molecular flexibility index (Phi) is 5.06. The molecule has 0 saturated heterocycles. The number of carbonyl (C=O) groups excluding carboxylic acids is 1. The monoisotopic (exact) mass is 343 g/mol. The standard InChI is InChI=1S/C19H18ClNO3/c1-13(15-6-8-17-18(12-15)24-11-10-23-17)21-19(22)9-7-14-4-2-3-5-16(14)20/h2-9,12-13H,10-11H2,1H3,(H,21,22)/b9-7+. The Bertz CT molecular complexity index is 773. The molecular formula is C19H18ClNO3. The number of hydrogen-bond acceptors (Lipinski definition) is 3. The number of fused-ring (bicyclic) bond motifs is 1. The van der Waals surface area contributed by atoms with Crippen molar-refractivity contribution in [1.29, 1.82) is 0 Å². The van der Waals surface area contributed by atoms with E-state index in [9.17, 15) is 4.79 Å². The summed E-state index contributed by atoms with van der Waals surface area (Å²) in [4.78, 5) is 12.1. The summed E-state index contributed by atoms with van der Waals surface area (Å²) in [6.45, 7) is 3.02. The Labute approximate surface area is 146 Å². The van der Waals surface area contributed by atoms with E-state index in [1.807, 2.05) is 43.3 Å². The van der Waals surface area contributed by atoms with Gasteiger partial charge in [0.2, 0.25) is 5.91 Å². The average molecular weight is 344 g/mol. The lowest BCUT2D eigenvalue weighted by atomic mass is 10.1. The van der Waals surface area contributed by atoms with Crippen molar-refractivity contribution in [2.75, 3.05) is 13.2 Å². The summed E-state index contributed by atoms with van der Waals surface area (Å²) >= 11 is 6.07. The first-order valence-electron chi connectivity index (χ1n) is 7.76. The number of ether oxygens (including phenoxy) is 2. The van der Waals surface area contributed by atoms with Gasteiger partial charge in [0.25, 0.3) is 0 Å². The third-order valence-electron chi connectivity index (χ3n) is 3.74. The van der Waals surface area contributed by atoms with E-state index in [2.05, 4.69) is 5.32 Å². The van der Waals surface area contributed by atoms with Gasteiger partial charge in [0.1, 0.15) is 13.2 Å². The fraction of sp³-hybridized carbons (Fsp3) is 0.211. The van der Waals surface area contributed by atoms with Crippen molar-refractivity contribution in [3.8, 4) is 11.5 Å². The van der Waals surface area contributed by atoms with Crippen molar-refractivity contribution in [3.63, 3.8) is 0 Å². The van der Waals surface area contributed by atoms with Gasteiger partial charge in [-0.25, -0.2) is 0 Å². The highest BCUT2D eigenvalue weighted by Gasteiger charge is 2.15. The van der Waals surface area contributed by atoms with Crippen LogP contribution in [-0.4, -0.2) is 19.1 Å². The van der Waals surface area contributed by atoms with Crippen molar-refractivity contribution in [2.45, 2.75) is 13.0 Å². The van der Waals surface area contributed by atoms with Crippen LogP contribution in [0.25, 0.3) is 6.08 Å². The Hall–Kier alpha value is -2.46.